The highest BCUT2D eigenvalue weighted by Gasteiger charge is 2.63. The lowest BCUT2D eigenvalue weighted by molar-refractivity contribution is -0.157. The van der Waals surface area contributed by atoms with E-state index in [9.17, 15) is 19.6 Å². The van der Waals surface area contributed by atoms with Gasteiger partial charge in [0.2, 0.25) is 0 Å². The molecule has 0 radical (unpaired) electrons. The van der Waals surface area contributed by atoms with Crippen LogP contribution >= 0.6 is 0 Å². The first kappa shape index (κ1) is 31.8. The average Bonchev–Trinajstić information content (AvgIpc) is 2.79. The second-order valence-corrected chi connectivity index (χ2v) is 16.4. The lowest BCUT2D eigenvalue weighted by Crippen LogP contribution is -2.60. The molecule has 0 N–H and O–H groups in total. The van der Waals surface area contributed by atoms with Gasteiger partial charge in [-0.1, -0.05) is 68.4 Å². The second-order valence-electron chi connectivity index (χ2n) is 16.4. The molecule has 39 heavy (non-hydrogen) atoms. The maximum atomic E-state index is 13.3. The van der Waals surface area contributed by atoms with Gasteiger partial charge in [-0.25, -0.2) is 0 Å². The number of carbonyl (C=O) groups excluding carboxylic acids is 3. The smallest absolute Gasteiger partial charge is 0.178 e. The molecule has 4 heteroatoms. The Bertz CT molecular complexity index is 1090. The van der Waals surface area contributed by atoms with Gasteiger partial charge in [-0.05, 0) is 104 Å². The van der Waals surface area contributed by atoms with Crippen LogP contribution in [0.5, 0.6) is 0 Å². The Hall–Kier alpha value is -1.76. The van der Waals surface area contributed by atoms with E-state index >= 15 is 0 Å². The van der Waals surface area contributed by atoms with E-state index < -0.39 is 10.8 Å². The van der Waals surface area contributed by atoms with Gasteiger partial charge in [0.05, 0.1) is 5.57 Å². The predicted octanol–water partition coefficient (Wildman–Crippen LogP) is 8.68. The molecule has 4 nitrogen and oxygen atoms in total. The van der Waals surface area contributed by atoms with Crippen molar-refractivity contribution >= 4 is 17.3 Å². The SMILES string of the molecule is CC(=O)C[C@@H]1[C@@]2(C)C=C(C#N)C(=O)C(C)(C)[C@@H]2CC[C@@]1(C)C(C)(C)CC[C@@]1(CC(C)=O)CCC(C)(C)CC1C. The summed E-state index contributed by atoms with van der Waals surface area (Å²) in [6.07, 6.45) is 10.3. The van der Waals surface area contributed by atoms with Crippen molar-refractivity contribution in [1.82, 2.24) is 0 Å². The van der Waals surface area contributed by atoms with Gasteiger partial charge >= 0.3 is 0 Å². The van der Waals surface area contributed by atoms with Crippen LogP contribution in [0.25, 0.3) is 0 Å². The maximum Gasteiger partial charge on any atom is 0.178 e. The summed E-state index contributed by atoms with van der Waals surface area (Å²) in [5, 5.41) is 9.91. The molecule has 1 unspecified atom stereocenters. The maximum absolute atomic E-state index is 13.3. The summed E-state index contributed by atoms with van der Waals surface area (Å²) in [5.74, 6) is 1.00. The van der Waals surface area contributed by atoms with Crippen LogP contribution in [0.2, 0.25) is 0 Å². The van der Waals surface area contributed by atoms with Crippen molar-refractivity contribution in [3.05, 3.63) is 11.6 Å². The zero-order chi connectivity index (χ0) is 29.8. The summed E-state index contributed by atoms with van der Waals surface area (Å²) in [6.45, 7) is 23.8. The van der Waals surface area contributed by atoms with E-state index in [4.69, 9.17) is 0 Å². The minimum Gasteiger partial charge on any atom is -0.300 e. The molecule has 2 fully saturated rings. The van der Waals surface area contributed by atoms with Crippen molar-refractivity contribution in [3.8, 4) is 6.07 Å². The quantitative estimate of drug-likeness (QED) is 0.310. The Morgan fingerprint density at radius 2 is 1.64 bits per heavy atom. The Labute approximate surface area is 238 Å². The topological polar surface area (TPSA) is 75.0 Å². The number of ketones is 3. The zero-order valence-electron chi connectivity index (χ0n) is 26.8. The number of fused-ring (bicyclic) bond motifs is 1. The minimum absolute atomic E-state index is 0.0263. The Morgan fingerprint density at radius 1 is 1.03 bits per heavy atom. The van der Waals surface area contributed by atoms with E-state index in [-0.39, 0.29) is 51.0 Å². The van der Waals surface area contributed by atoms with Crippen LogP contribution < -0.4 is 0 Å². The highest BCUT2D eigenvalue weighted by molar-refractivity contribution is 6.04. The zero-order valence-corrected chi connectivity index (χ0v) is 26.8. The number of Topliss-reactive ketones (excluding diaryl/α,β-unsaturated/α-hetero) is 3. The summed E-state index contributed by atoms with van der Waals surface area (Å²) in [4.78, 5) is 38.6. The number of carbonyl (C=O) groups is 3. The van der Waals surface area contributed by atoms with Gasteiger partial charge in [-0.3, -0.25) is 4.79 Å². The molecule has 2 saturated carbocycles. The Balaban J connectivity index is 2.04. The standard InChI is InChI=1S/C35H55NO3/c1-23-19-30(4,5)14-16-35(23,20-25(3)38)17-15-31(6,7)34(11)13-12-27-32(8,9)29(39)26(22-36)21-33(27,10)28(34)18-24(2)37/h21,23,27-28H,12-20H2,1-11H3/t23?,27-,28+,33-,34+,35+/m0/s1. The normalized spacial score (nSPS) is 37.8. The molecule has 0 bridgehead atoms. The summed E-state index contributed by atoms with van der Waals surface area (Å²) in [5.41, 5.74) is -0.706. The molecule has 0 heterocycles. The molecule has 0 amide bonds. The van der Waals surface area contributed by atoms with Gasteiger partial charge < -0.3 is 9.59 Å². The third kappa shape index (κ3) is 5.46. The minimum atomic E-state index is -0.634. The lowest BCUT2D eigenvalue weighted by Gasteiger charge is -2.64. The van der Waals surface area contributed by atoms with Crippen molar-refractivity contribution in [2.45, 2.75) is 134 Å². The Kier molecular flexibility index (Phi) is 8.35. The molecule has 0 spiro atoms. The second kappa shape index (κ2) is 10.3. The van der Waals surface area contributed by atoms with Crippen LogP contribution in [-0.2, 0) is 14.4 Å². The molecule has 6 atom stereocenters. The summed E-state index contributed by atoms with van der Waals surface area (Å²) >= 11 is 0. The first-order valence-electron chi connectivity index (χ1n) is 15.3. The summed E-state index contributed by atoms with van der Waals surface area (Å²) < 4.78 is 0. The fourth-order valence-electron chi connectivity index (χ4n) is 9.75. The first-order valence-corrected chi connectivity index (χ1v) is 15.3. The molecule has 0 saturated heterocycles. The number of hydrogen-bond donors (Lipinski definition) is 0. The Morgan fingerprint density at radius 3 is 2.15 bits per heavy atom. The van der Waals surface area contributed by atoms with Crippen molar-refractivity contribution in [1.29, 1.82) is 5.26 Å². The van der Waals surface area contributed by atoms with Crippen molar-refractivity contribution in [3.63, 3.8) is 0 Å². The van der Waals surface area contributed by atoms with Crippen LogP contribution in [0.3, 0.4) is 0 Å². The lowest BCUT2D eigenvalue weighted by atomic mass is 9.39. The molecule has 3 aliphatic carbocycles. The van der Waals surface area contributed by atoms with Gasteiger partial charge in [-0.15, -0.1) is 0 Å². The highest BCUT2D eigenvalue weighted by Crippen LogP contribution is 2.68. The first-order chi connectivity index (χ1) is 17.7. The number of nitrogens with zero attached hydrogens (tertiary/aromatic N) is 1. The van der Waals surface area contributed by atoms with Gasteiger partial charge in [0.25, 0.3) is 0 Å². The summed E-state index contributed by atoms with van der Waals surface area (Å²) in [6, 6.07) is 2.20. The number of rotatable bonds is 8. The van der Waals surface area contributed by atoms with Gasteiger partial charge in [-0.2, -0.15) is 5.26 Å². The van der Waals surface area contributed by atoms with Crippen LogP contribution in [0.1, 0.15) is 134 Å². The van der Waals surface area contributed by atoms with Gasteiger partial charge in [0.1, 0.15) is 17.6 Å². The molecule has 3 aliphatic rings. The van der Waals surface area contributed by atoms with E-state index in [2.05, 4.69) is 54.5 Å². The van der Waals surface area contributed by atoms with Crippen LogP contribution in [0.15, 0.2) is 11.6 Å². The number of nitriles is 1. The van der Waals surface area contributed by atoms with E-state index in [1.807, 2.05) is 19.9 Å². The van der Waals surface area contributed by atoms with Crippen LogP contribution in [-0.4, -0.2) is 17.3 Å². The predicted molar refractivity (Wildman–Crippen MR) is 158 cm³/mol. The molecule has 218 valence electrons. The van der Waals surface area contributed by atoms with Crippen molar-refractivity contribution in [2.24, 2.45) is 50.2 Å². The monoisotopic (exact) mass is 537 g/mol. The van der Waals surface area contributed by atoms with E-state index in [1.165, 1.54) is 0 Å². The van der Waals surface area contributed by atoms with E-state index in [1.54, 1.807) is 13.8 Å². The summed E-state index contributed by atoms with van der Waals surface area (Å²) in [7, 11) is 0. The third-order valence-electron chi connectivity index (χ3n) is 12.6. The molecular weight excluding hydrogens is 482 g/mol. The molecule has 3 rings (SSSR count). The third-order valence-corrected chi connectivity index (χ3v) is 12.6. The molecular formula is C35H55NO3. The van der Waals surface area contributed by atoms with Crippen molar-refractivity contribution < 1.29 is 14.4 Å². The largest absolute Gasteiger partial charge is 0.300 e. The fourth-order valence-corrected chi connectivity index (χ4v) is 9.75. The van der Waals surface area contributed by atoms with Gasteiger partial charge in [0.15, 0.2) is 5.78 Å². The molecule has 0 aliphatic heterocycles. The van der Waals surface area contributed by atoms with Crippen LogP contribution in [0.4, 0.5) is 0 Å². The number of allylic oxidation sites excluding steroid dienone is 2. The van der Waals surface area contributed by atoms with E-state index in [0.717, 1.165) is 44.9 Å². The average molecular weight is 538 g/mol. The van der Waals surface area contributed by atoms with Gasteiger partial charge in [0, 0.05) is 18.3 Å². The fraction of sp³-hybridized carbons (Fsp3) is 0.829. The van der Waals surface area contributed by atoms with Crippen LogP contribution in [0, 0.1) is 61.6 Å². The molecule has 0 aromatic rings. The van der Waals surface area contributed by atoms with Crippen molar-refractivity contribution in [2.75, 3.05) is 0 Å². The van der Waals surface area contributed by atoms with E-state index in [0.29, 0.717) is 24.2 Å². The number of hydrogen-bond acceptors (Lipinski definition) is 4. The molecule has 0 aromatic carbocycles. The highest BCUT2D eigenvalue weighted by atomic mass is 16.1. The molecule has 0 aromatic heterocycles.